The fourth-order valence-corrected chi connectivity index (χ4v) is 5.30. The van der Waals surface area contributed by atoms with Crippen LogP contribution in [0.2, 0.25) is 5.02 Å². The number of benzene rings is 2. The number of aryl methyl sites for hydroxylation is 1. The lowest BCUT2D eigenvalue weighted by Gasteiger charge is -2.25. The summed E-state index contributed by atoms with van der Waals surface area (Å²) in [6.07, 6.45) is 3.12. The van der Waals surface area contributed by atoms with Gasteiger partial charge in [-0.15, -0.1) is 0 Å². The molecule has 3 aromatic rings. The number of carbonyl (C=O) groups is 2. The highest BCUT2D eigenvalue weighted by molar-refractivity contribution is 6.31. The Hall–Kier alpha value is -3.23. The zero-order chi connectivity index (χ0) is 27.0. The Kier molecular flexibility index (Phi) is 7.71. The Morgan fingerprint density at radius 3 is 2.43 bits per heavy atom. The van der Waals surface area contributed by atoms with E-state index in [0.29, 0.717) is 36.2 Å². The van der Waals surface area contributed by atoms with Crippen LogP contribution >= 0.6 is 11.6 Å². The van der Waals surface area contributed by atoms with Crippen molar-refractivity contribution in [3.63, 3.8) is 0 Å². The van der Waals surface area contributed by atoms with E-state index in [1.165, 1.54) is 12.3 Å². The van der Waals surface area contributed by atoms with Crippen molar-refractivity contribution in [2.24, 2.45) is 5.92 Å². The minimum absolute atomic E-state index is 0.0330. The van der Waals surface area contributed by atoms with Crippen LogP contribution < -0.4 is 10.3 Å². The molecule has 0 unspecified atom stereocenters. The van der Waals surface area contributed by atoms with Gasteiger partial charge in [0.2, 0.25) is 11.3 Å². The highest BCUT2D eigenvalue weighted by Gasteiger charge is 2.25. The third-order valence-corrected chi connectivity index (χ3v) is 7.41. The molecule has 4 rings (SSSR count). The Bertz CT molecular complexity index is 1450. The van der Waals surface area contributed by atoms with Crippen LogP contribution in [0.3, 0.4) is 0 Å². The molecule has 1 aliphatic rings. The number of carboxylic acid groups (broad SMARTS) is 1. The summed E-state index contributed by atoms with van der Waals surface area (Å²) in [6, 6.07) is 6.05. The lowest BCUT2D eigenvalue weighted by Crippen LogP contribution is -2.25. The average Bonchev–Trinajstić information content (AvgIpc) is 3.28. The van der Waals surface area contributed by atoms with Crippen molar-refractivity contribution in [3.05, 3.63) is 73.8 Å². The van der Waals surface area contributed by atoms with Gasteiger partial charge in [0, 0.05) is 36.7 Å². The number of carbonyl (C=O) groups excluding carboxylic acids is 1. The molecule has 0 aliphatic carbocycles. The Labute approximate surface area is 219 Å². The first-order valence-corrected chi connectivity index (χ1v) is 12.8. The maximum Gasteiger partial charge on any atom is 0.341 e. The number of nitrogens with zero attached hydrogens (tertiary/aromatic N) is 2. The average molecular weight is 529 g/mol. The van der Waals surface area contributed by atoms with Crippen LogP contribution in [0.25, 0.3) is 10.9 Å². The molecule has 2 heterocycles. The van der Waals surface area contributed by atoms with Crippen LogP contribution in [-0.4, -0.2) is 39.8 Å². The van der Waals surface area contributed by atoms with E-state index in [1.54, 1.807) is 21.6 Å². The molecule has 2 N–H and O–H groups in total. The number of rotatable bonds is 8. The van der Waals surface area contributed by atoms with E-state index in [1.807, 2.05) is 26.8 Å². The van der Waals surface area contributed by atoms with Crippen LogP contribution in [0, 0.1) is 11.7 Å². The monoisotopic (exact) mass is 528 g/mol. The fraction of sp³-hybridized carbons (Fsp3) is 0.393. The number of hydrogen-bond acceptors (Lipinski definition) is 4. The molecular weight excluding hydrogens is 499 g/mol. The normalized spacial score (nSPS) is 14.7. The third-order valence-electron chi connectivity index (χ3n) is 7.13. The maximum atomic E-state index is 15.1. The number of pyridine rings is 1. The zero-order valence-electron chi connectivity index (χ0n) is 21.1. The second-order valence-electron chi connectivity index (χ2n) is 9.80. The van der Waals surface area contributed by atoms with Gasteiger partial charge >= 0.3 is 5.97 Å². The molecule has 2 aromatic carbocycles. The van der Waals surface area contributed by atoms with Gasteiger partial charge in [0.25, 0.3) is 0 Å². The van der Waals surface area contributed by atoms with Crippen molar-refractivity contribution in [2.75, 3.05) is 18.1 Å². The molecule has 37 heavy (non-hydrogen) atoms. The lowest BCUT2D eigenvalue weighted by atomic mass is 9.94. The Morgan fingerprint density at radius 2 is 1.86 bits per heavy atom. The number of aliphatic hydroxyl groups is 1. The predicted molar refractivity (Wildman–Crippen MR) is 141 cm³/mol. The number of carboxylic acids is 1. The quantitative estimate of drug-likeness (QED) is 0.430. The summed E-state index contributed by atoms with van der Waals surface area (Å²) >= 11 is 6.21. The van der Waals surface area contributed by atoms with E-state index in [4.69, 9.17) is 11.6 Å². The third kappa shape index (κ3) is 5.00. The number of amides is 1. The smallest absolute Gasteiger partial charge is 0.341 e. The van der Waals surface area contributed by atoms with Crippen molar-refractivity contribution < 1.29 is 24.2 Å². The first-order chi connectivity index (χ1) is 17.6. The molecular formula is C28H30ClFN2O5. The molecule has 0 spiro atoms. The van der Waals surface area contributed by atoms with Gasteiger partial charge in [-0.2, -0.15) is 0 Å². The topological polar surface area (TPSA) is 99.8 Å². The van der Waals surface area contributed by atoms with Crippen LogP contribution in [0.5, 0.6) is 0 Å². The van der Waals surface area contributed by atoms with Crippen molar-refractivity contribution in [2.45, 2.75) is 52.5 Å². The molecule has 1 fully saturated rings. The van der Waals surface area contributed by atoms with Gasteiger partial charge in [0.15, 0.2) is 0 Å². The van der Waals surface area contributed by atoms with E-state index < -0.39 is 28.8 Å². The zero-order valence-corrected chi connectivity index (χ0v) is 21.8. The molecule has 1 aliphatic heterocycles. The van der Waals surface area contributed by atoms with Gasteiger partial charge in [-0.05, 0) is 59.7 Å². The summed E-state index contributed by atoms with van der Waals surface area (Å²) in [4.78, 5) is 38.9. The summed E-state index contributed by atoms with van der Waals surface area (Å²) in [5.74, 6) is -2.03. The van der Waals surface area contributed by atoms with E-state index in [-0.39, 0.29) is 40.8 Å². The number of anilines is 1. The molecule has 0 radical (unpaired) electrons. The molecule has 0 saturated carbocycles. The fourth-order valence-electron chi connectivity index (χ4n) is 5.07. The highest BCUT2D eigenvalue weighted by atomic mass is 35.5. The van der Waals surface area contributed by atoms with E-state index in [9.17, 15) is 24.6 Å². The highest BCUT2D eigenvalue weighted by Crippen LogP contribution is 2.32. The standard InChI is InChI=1S/C28H30ClFN2O5/c1-4-16-11-23-20(27(35)21(28(36)37)13-32(23)24(14-33)15(2)3)10-17(16)8-18-9-19(12-22(29)26(18)30)31-7-5-6-25(31)34/h9-13,15,24,33H,4-8,14H2,1-3H3,(H,36,37)/t24-/m1/s1. The SMILES string of the molecule is CCc1cc2c(cc1Cc1cc(N3CCCC3=O)cc(Cl)c1F)c(=O)c(C(=O)O)cn2[C@H](CO)C(C)C. The van der Waals surface area contributed by atoms with E-state index in [2.05, 4.69) is 0 Å². The van der Waals surface area contributed by atoms with Gasteiger partial charge in [0.05, 0.1) is 23.2 Å². The predicted octanol–water partition coefficient (Wildman–Crippen LogP) is 4.96. The summed E-state index contributed by atoms with van der Waals surface area (Å²) in [5, 5.41) is 19.8. The second kappa shape index (κ2) is 10.6. The number of fused-ring (bicyclic) bond motifs is 1. The molecule has 0 bridgehead atoms. The summed E-state index contributed by atoms with van der Waals surface area (Å²) in [5.41, 5.74) is 1.79. The first-order valence-electron chi connectivity index (χ1n) is 12.4. The van der Waals surface area contributed by atoms with E-state index in [0.717, 1.165) is 12.0 Å². The van der Waals surface area contributed by atoms with Crippen molar-refractivity contribution in [1.82, 2.24) is 4.57 Å². The van der Waals surface area contributed by atoms with Crippen LogP contribution in [-0.2, 0) is 17.6 Å². The summed E-state index contributed by atoms with van der Waals surface area (Å²) < 4.78 is 16.8. The van der Waals surface area contributed by atoms with Crippen molar-refractivity contribution >= 4 is 40.1 Å². The van der Waals surface area contributed by atoms with Gasteiger partial charge < -0.3 is 19.7 Å². The van der Waals surface area contributed by atoms with Crippen LogP contribution in [0.15, 0.2) is 35.3 Å². The van der Waals surface area contributed by atoms with Gasteiger partial charge in [0.1, 0.15) is 11.4 Å². The number of aromatic nitrogens is 1. The number of aromatic carboxylic acids is 1. The molecule has 1 atom stereocenters. The number of halogens is 2. The maximum absolute atomic E-state index is 15.1. The number of hydrogen-bond donors (Lipinski definition) is 2. The summed E-state index contributed by atoms with van der Waals surface area (Å²) in [6.45, 7) is 6.06. The minimum atomic E-state index is -1.36. The largest absolute Gasteiger partial charge is 0.477 e. The molecule has 196 valence electrons. The molecule has 7 nitrogen and oxygen atoms in total. The Morgan fingerprint density at radius 1 is 1.14 bits per heavy atom. The molecule has 1 amide bonds. The lowest BCUT2D eigenvalue weighted by molar-refractivity contribution is -0.117. The first kappa shape index (κ1) is 26.8. The summed E-state index contributed by atoms with van der Waals surface area (Å²) in [7, 11) is 0. The number of aliphatic hydroxyl groups excluding tert-OH is 1. The minimum Gasteiger partial charge on any atom is -0.477 e. The second-order valence-corrected chi connectivity index (χ2v) is 10.2. The van der Waals surface area contributed by atoms with Gasteiger partial charge in [-0.1, -0.05) is 32.4 Å². The van der Waals surface area contributed by atoms with Crippen molar-refractivity contribution in [1.29, 1.82) is 0 Å². The van der Waals surface area contributed by atoms with Crippen molar-refractivity contribution in [3.8, 4) is 0 Å². The molecule has 1 aromatic heterocycles. The van der Waals surface area contributed by atoms with Gasteiger partial charge in [-0.25, -0.2) is 9.18 Å². The van der Waals surface area contributed by atoms with E-state index >= 15 is 4.39 Å². The molecule has 1 saturated heterocycles. The Balaban J connectivity index is 1.91. The molecule has 9 heteroatoms. The van der Waals surface area contributed by atoms with Crippen LogP contribution in [0.1, 0.15) is 66.7 Å². The van der Waals surface area contributed by atoms with Crippen LogP contribution in [0.4, 0.5) is 10.1 Å². The van der Waals surface area contributed by atoms with Gasteiger partial charge in [-0.3, -0.25) is 9.59 Å².